The molecule has 0 spiro atoms. The molecule has 9 heteroatoms. The number of benzene rings is 1. The molecule has 0 aliphatic carbocycles. The van der Waals surface area contributed by atoms with Crippen molar-refractivity contribution in [3.63, 3.8) is 0 Å². The predicted molar refractivity (Wildman–Crippen MR) is 124 cm³/mol. The van der Waals surface area contributed by atoms with Gasteiger partial charge < -0.3 is 4.90 Å². The third-order valence-corrected chi connectivity index (χ3v) is 6.17. The Morgan fingerprint density at radius 3 is 2.45 bits per heavy atom. The summed E-state index contributed by atoms with van der Waals surface area (Å²) >= 11 is 4.74. The summed E-state index contributed by atoms with van der Waals surface area (Å²) in [7, 11) is 1.89. The fourth-order valence-electron chi connectivity index (χ4n) is 2.42. The molecule has 0 unspecified atom stereocenters. The Morgan fingerprint density at radius 1 is 1.28 bits per heavy atom. The average Bonchev–Trinajstić information content (AvgIpc) is 3.33. The van der Waals surface area contributed by atoms with Crippen molar-refractivity contribution in [2.45, 2.75) is 20.3 Å². The lowest BCUT2D eigenvalue weighted by Crippen LogP contribution is -2.20. The van der Waals surface area contributed by atoms with Gasteiger partial charge in [-0.25, -0.2) is 9.97 Å². The number of thiazole rings is 2. The Kier molecular flexibility index (Phi) is 9.28. The van der Waals surface area contributed by atoms with Crippen LogP contribution >= 0.6 is 34.6 Å². The van der Waals surface area contributed by atoms with E-state index in [1.54, 1.807) is 35.4 Å². The van der Waals surface area contributed by atoms with Crippen molar-refractivity contribution in [1.29, 1.82) is 5.26 Å². The SMILES string of the molecule is CNSC.Cc1nc(CCN(c2ccc(C#N)cc2)c2nc(C=O)c(C)s2)cs1. The largest absolute Gasteiger partial charge is 0.317 e. The van der Waals surface area contributed by atoms with E-state index in [9.17, 15) is 4.79 Å². The molecule has 0 aliphatic rings. The number of nitrogens with one attached hydrogen (secondary N) is 1. The van der Waals surface area contributed by atoms with Crippen LogP contribution in [0, 0.1) is 25.2 Å². The zero-order valence-electron chi connectivity index (χ0n) is 16.8. The summed E-state index contributed by atoms with van der Waals surface area (Å²) in [5.41, 5.74) is 3.08. The second kappa shape index (κ2) is 11.7. The molecule has 6 nitrogen and oxygen atoms in total. The first kappa shape index (κ1) is 23.0. The maximum atomic E-state index is 11.1. The van der Waals surface area contributed by atoms with Crippen LogP contribution in [-0.4, -0.2) is 36.1 Å². The van der Waals surface area contributed by atoms with E-state index < -0.39 is 0 Å². The zero-order valence-corrected chi connectivity index (χ0v) is 19.2. The molecule has 2 aromatic heterocycles. The van der Waals surface area contributed by atoms with Crippen LogP contribution in [0.1, 0.15) is 31.6 Å². The number of nitrogens with zero attached hydrogens (tertiary/aromatic N) is 4. The highest BCUT2D eigenvalue weighted by Crippen LogP contribution is 2.31. The molecular formula is C20H23N5OS3. The minimum absolute atomic E-state index is 0.475. The molecule has 152 valence electrons. The lowest BCUT2D eigenvalue weighted by atomic mass is 10.2. The molecular weight excluding hydrogens is 422 g/mol. The summed E-state index contributed by atoms with van der Waals surface area (Å²) in [6, 6.07) is 9.52. The van der Waals surface area contributed by atoms with Crippen LogP contribution in [0.5, 0.6) is 0 Å². The summed E-state index contributed by atoms with van der Waals surface area (Å²) < 4.78 is 2.85. The van der Waals surface area contributed by atoms with Crippen LogP contribution in [0.2, 0.25) is 0 Å². The number of hydrogen-bond donors (Lipinski definition) is 1. The molecule has 0 aliphatic heterocycles. The monoisotopic (exact) mass is 445 g/mol. The molecule has 0 saturated carbocycles. The molecule has 29 heavy (non-hydrogen) atoms. The molecule has 0 saturated heterocycles. The van der Waals surface area contributed by atoms with Crippen LogP contribution in [0.3, 0.4) is 0 Å². The Hall–Kier alpha value is -2.25. The normalized spacial score (nSPS) is 10.0. The molecule has 0 fully saturated rings. The number of rotatable bonds is 7. The molecule has 0 bridgehead atoms. The van der Waals surface area contributed by atoms with E-state index in [2.05, 4.69) is 31.0 Å². The second-order valence-electron chi connectivity index (χ2n) is 5.88. The van der Waals surface area contributed by atoms with E-state index >= 15 is 0 Å². The van der Waals surface area contributed by atoms with Crippen molar-refractivity contribution < 1.29 is 4.79 Å². The van der Waals surface area contributed by atoms with Crippen LogP contribution in [0.25, 0.3) is 0 Å². The van der Waals surface area contributed by atoms with E-state index in [0.717, 1.165) is 39.1 Å². The van der Waals surface area contributed by atoms with E-state index in [0.29, 0.717) is 17.8 Å². The summed E-state index contributed by atoms with van der Waals surface area (Å²) in [6.07, 6.45) is 3.55. The van der Waals surface area contributed by atoms with E-state index in [1.165, 1.54) is 11.3 Å². The van der Waals surface area contributed by atoms with E-state index in [1.807, 2.05) is 39.3 Å². The number of carbonyl (C=O) groups excluding carboxylic acids is 1. The molecule has 3 aromatic rings. The van der Waals surface area contributed by atoms with Gasteiger partial charge in [0.25, 0.3) is 0 Å². The number of carbonyl (C=O) groups is 1. The fraction of sp³-hybridized carbons (Fsp3) is 0.300. The predicted octanol–water partition coefficient (Wildman–Crippen LogP) is 4.77. The minimum atomic E-state index is 0.475. The average molecular weight is 446 g/mol. The Balaban J connectivity index is 0.000000687. The molecule has 1 N–H and O–H groups in total. The quantitative estimate of drug-likeness (QED) is 0.414. The summed E-state index contributed by atoms with van der Waals surface area (Å²) in [5.74, 6) is 0. The van der Waals surface area contributed by atoms with E-state index in [-0.39, 0.29) is 0 Å². The van der Waals surface area contributed by atoms with Gasteiger partial charge in [0.15, 0.2) is 11.4 Å². The smallest absolute Gasteiger partial charge is 0.190 e. The lowest BCUT2D eigenvalue weighted by molar-refractivity contribution is 0.111. The van der Waals surface area contributed by atoms with Gasteiger partial charge in [0.1, 0.15) is 5.69 Å². The maximum absolute atomic E-state index is 11.1. The Labute approximate surface area is 183 Å². The van der Waals surface area contributed by atoms with Gasteiger partial charge in [-0.05, 0) is 51.4 Å². The lowest BCUT2D eigenvalue weighted by Gasteiger charge is -2.21. The van der Waals surface area contributed by atoms with Crippen LogP contribution in [-0.2, 0) is 6.42 Å². The Morgan fingerprint density at radius 2 is 1.97 bits per heavy atom. The van der Waals surface area contributed by atoms with Crippen LogP contribution < -0.4 is 9.62 Å². The summed E-state index contributed by atoms with van der Waals surface area (Å²) in [5, 5.41) is 12.9. The topological polar surface area (TPSA) is 81.9 Å². The van der Waals surface area contributed by atoms with Crippen molar-refractivity contribution in [3.05, 3.63) is 56.5 Å². The van der Waals surface area contributed by atoms with Crippen LogP contribution in [0.4, 0.5) is 10.8 Å². The van der Waals surface area contributed by atoms with Crippen molar-refractivity contribution >= 4 is 51.7 Å². The zero-order chi connectivity index (χ0) is 21.2. The molecule has 0 atom stereocenters. The number of hydrogen-bond acceptors (Lipinski definition) is 9. The molecule has 0 amide bonds. The highest BCUT2D eigenvalue weighted by molar-refractivity contribution is 7.96. The molecule has 1 aromatic carbocycles. The fourth-order valence-corrected chi connectivity index (χ4v) is 3.99. The number of anilines is 2. The van der Waals surface area contributed by atoms with Gasteiger partial charge in [0, 0.05) is 28.9 Å². The second-order valence-corrected chi connectivity index (χ2v) is 8.94. The van der Waals surface area contributed by atoms with Crippen molar-refractivity contribution in [3.8, 4) is 6.07 Å². The maximum Gasteiger partial charge on any atom is 0.190 e. The van der Waals surface area contributed by atoms with Gasteiger partial charge in [-0.15, -0.1) is 22.7 Å². The van der Waals surface area contributed by atoms with Gasteiger partial charge in [-0.3, -0.25) is 9.52 Å². The number of aryl methyl sites for hydroxylation is 2. The summed E-state index contributed by atoms with van der Waals surface area (Å²) in [6.45, 7) is 4.58. The first-order valence-electron chi connectivity index (χ1n) is 8.83. The van der Waals surface area contributed by atoms with Gasteiger partial charge in [0.05, 0.1) is 22.3 Å². The van der Waals surface area contributed by atoms with Gasteiger partial charge in [0.2, 0.25) is 0 Å². The first-order valence-corrected chi connectivity index (χ1v) is 11.8. The first-order chi connectivity index (χ1) is 14.0. The highest BCUT2D eigenvalue weighted by Gasteiger charge is 2.16. The number of aromatic nitrogens is 2. The number of aldehydes is 1. The minimum Gasteiger partial charge on any atom is -0.317 e. The molecule has 0 radical (unpaired) electrons. The van der Waals surface area contributed by atoms with Crippen LogP contribution in [0.15, 0.2) is 29.6 Å². The standard InChI is InChI=1S/C18H16N4OS2.C2H7NS/c1-12-17(10-23)21-18(25-12)22(8-7-15-11-24-13(2)20-15)16-5-3-14(9-19)4-6-16;1-3-4-2/h3-6,10-11H,7-8H2,1-2H3;3H,1-2H3. The molecule has 2 heterocycles. The van der Waals surface area contributed by atoms with Crippen molar-refractivity contribution in [2.75, 3.05) is 24.7 Å². The Bertz CT molecular complexity index is 957. The highest BCUT2D eigenvalue weighted by atomic mass is 32.2. The van der Waals surface area contributed by atoms with Gasteiger partial charge in [-0.1, -0.05) is 11.9 Å². The van der Waals surface area contributed by atoms with Crippen molar-refractivity contribution in [2.24, 2.45) is 0 Å². The van der Waals surface area contributed by atoms with Gasteiger partial charge in [-0.2, -0.15) is 5.26 Å². The third-order valence-electron chi connectivity index (χ3n) is 3.93. The third kappa shape index (κ3) is 6.65. The summed E-state index contributed by atoms with van der Waals surface area (Å²) in [4.78, 5) is 23.1. The van der Waals surface area contributed by atoms with E-state index in [4.69, 9.17) is 5.26 Å². The van der Waals surface area contributed by atoms with Crippen molar-refractivity contribution in [1.82, 2.24) is 14.7 Å². The van der Waals surface area contributed by atoms with Gasteiger partial charge >= 0.3 is 0 Å². The molecule has 3 rings (SSSR count). The number of nitriles is 1.